The lowest BCUT2D eigenvalue weighted by Gasteiger charge is -2.02. The summed E-state index contributed by atoms with van der Waals surface area (Å²) in [6, 6.07) is 2.14. The summed E-state index contributed by atoms with van der Waals surface area (Å²) in [7, 11) is 2.00. The minimum atomic E-state index is 0.509. The van der Waals surface area contributed by atoms with Crippen LogP contribution in [0.25, 0.3) is 0 Å². The second kappa shape index (κ2) is 5.58. The third kappa shape index (κ3) is 2.83. The van der Waals surface area contributed by atoms with E-state index in [0.717, 1.165) is 21.1 Å². The van der Waals surface area contributed by atoms with Gasteiger partial charge in [0.1, 0.15) is 0 Å². The molecule has 2 heterocycles. The van der Waals surface area contributed by atoms with Crippen LogP contribution in [0.1, 0.15) is 10.6 Å². The van der Waals surface area contributed by atoms with Crippen molar-refractivity contribution in [3.63, 3.8) is 0 Å². The van der Waals surface area contributed by atoms with E-state index in [-0.39, 0.29) is 0 Å². The van der Waals surface area contributed by atoms with Gasteiger partial charge in [0, 0.05) is 27.5 Å². The highest BCUT2D eigenvalue weighted by atomic mass is 79.9. The van der Waals surface area contributed by atoms with Crippen LogP contribution in [0.2, 0.25) is 0 Å². The number of hydrogen-bond donors (Lipinski definition) is 0. The minimum Gasteiger partial charge on any atom is -0.325 e. The molecular weight excluding hydrogens is 328 g/mol. The van der Waals surface area contributed by atoms with E-state index in [0.29, 0.717) is 5.88 Å². The van der Waals surface area contributed by atoms with E-state index in [9.17, 15) is 0 Å². The van der Waals surface area contributed by atoms with E-state index in [1.807, 2.05) is 17.8 Å². The fourth-order valence-electron chi connectivity index (χ4n) is 1.25. The zero-order chi connectivity index (χ0) is 11.5. The summed E-state index contributed by atoms with van der Waals surface area (Å²) in [4.78, 5) is 5.68. The maximum absolute atomic E-state index is 5.79. The van der Waals surface area contributed by atoms with Crippen molar-refractivity contribution in [2.75, 3.05) is 0 Å². The number of aromatic nitrogens is 2. The molecule has 0 amide bonds. The van der Waals surface area contributed by atoms with Crippen molar-refractivity contribution in [2.45, 2.75) is 16.8 Å². The third-order valence-electron chi connectivity index (χ3n) is 2.14. The number of imidazole rings is 1. The van der Waals surface area contributed by atoms with E-state index in [2.05, 4.69) is 32.4 Å². The van der Waals surface area contributed by atoms with Gasteiger partial charge < -0.3 is 4.57 Å². The van der Waals surface area contributed by atoms with Crippen LogP contribution in [0.15, 0.2) is 27.3 Å². The van der Waals surface area contributed by atoms with Gasteiger partial charge in [0.25, 0.3) is 0 Å². The van der Waals surface area contributed by atoms with Crippen LogP contribution in [0.5, 0.6) is 0 Å². The van der Waals surface area contributed by atoms with Gasteiger partial charge in [0.05, 0.1) is 17.8 Å². The van der Waals surface area contributed by atoms with E-state index >= 15 is 0 Å². The number of nitrogens with zero attached hydrogens (tertiary/aromatic N) is 2. The monoisotopic (exact) mass is 336 g/mol. The lowest BCUT2D eigenvalue weighted by Crippen LogP contribution is -1.95. The molecule has 0 atom stereocenters. The Morgan fingerprint density at radius 1 is 1.62 bits per heavy atom. The van der Waals surface area contributed by atoms with Crippen molar-refractivity contribution in [1.29, 1.82) is 0 Å². The first-order valence-corrected chi connectivity index (χ1v) is 7.82. The predicted octanol–water partition coefficient (Wildman–Crippen LogP) is 4.28. The first kappa shape index (κ1) is 12.5. The Morgan fingerprint density at radius 3 is 3.00 bits per heavy atom. The topological polar surface area (TPSA) is 17.8 Å². The van der Waals surface area contributed by atoms with Crippen LogP contribution in [0.4, 0.5) is 0 Å². The molecule has 6 heteroatoms. The molecule has 2 aromatic heterocycles. The van der Waals surface area contributed by atoms with Crippen LogP contribution in [-0.4, -0.2) is 9.55 Å². The largest absolute Gasteiger partial charge is 0.325 e. The average Bonchev–Trinajstić information content (AvgIpc) is 2.83. The van der Waals surface area contributed by atoms with Crippen molar-refractivity contribution < 1.29 is 0 Å². The Balaban J connectivity index is 2.02. The molecule has 0 aromatic carbocycles. The van der Waals surface area contributed by atoms with Crippen molar-refractivity contribution in [1.82, 2.24) is 9.55 Å². The minimum absolute atomic E-state index is 0.509. The lowest BCUT2D eigenvalue weighted by atomic mass is 10.5. The highest BCUT2D eigenvalue weighted by Gasteiger charge is 2.07. The van der Waals surface area contributed by atoms with Crippen molar-refractivity contribution in [3.05, 3.63) is 32.7 Å². The SMILES string of the molecule is Cn1c(CCl)cnc1SCc1cc(Br)cs1. The second-order valence-corrected chi connectivity index (χ2v) is 6.37. The van der Waals surface area contributed by atoms with Crippen molar-refractivity contribution in [2.24, 2.45) is 7.05 Å². The van der Waals surface area contributed by atoms with Crippen LogP contribution in [0.3, 0.4) is 0 Å². The number of alkyl halides is 1. The maximum atomic E-state index is 5.79. The molecule has 2 rings (SSSR count). The molecule has 0 radical (unpaired) electrons. The normalized spacial score (nSPS) is 10.9. The van der Waals surface area contributed by atoms with Gasteiger partial charge in [-0.2, -0.15) is 0 Å². The summed E-state index contributed by atoms with van der Waals surface area (Å²) in [6.45, 7) is 0. The molecule has 0 aliphatic carbocycles. The maximum Gasteiger partial charge on any atom is 0.168 e. The molecule has 2 aromatic rings. The molecule has 86 valence electrons. The second-order valence-electron chi connectivity index (χ2n) is 3.24. The number of rotatable bonds is 4. The summed E-state index contributed by atoms with van der Waals surface area (Å²) >= 11 is 12.7. The lowest BCUT2D eigenvalue weighted by molar-refractivity contribution is 0.761. The third-order valence-corrected chi connectivity index (χ3v) is 5.39. The zero-order valence-corrected chi connectivity index (χ0v) is 12.6. The molecule has 0 aliphatic heterocycles. The van der Waals surface area contributed by atoms with Crippen LogP contribution in [-0.2, 0) is 18.7 Å². The Morgan fingerprint density at radius 2 is 2.44 bits per heavy atom. The van der Waals surface area contributed by atoms with E-state index < -0.39 is 0 Å². The van der Waals surface area contributed by atoms with Crippen molar-refractivity contribution in [3.8, 4) is 0 Å². The van der Waals surface area contributed by atoms with Gasteiger partial charge in [0.15, 0.2) is 5.16 Å². The van der Waals surface area contributed by atoms with Crippen LogP contribution < -0.4 is 0 Å². The molecule has 0 bridgehead atoms. The number of thiophene rings is 1. The van der Waals surface area contributed by atoms with Gasteiger partial charge >= 0.3 is 0 Å². The smallest absolute Gasteiger partial charge is 0.168 e. The highest BCUT2D eigenvalue weighted by molar-refractivity contribution is 9.10. The number of hydrogen-bond acceptors (Lipinski definition) is 3. The van der Waals surface area contributed by atoms with Gasteiger partial charge in [-0.25, -0.2) is 4.98 Å². The molecule has 0 saturated heterocycles. The molecule has 0 N–H and O–H groups in total. The van der Waals surface area contributed by atoms with Gasteiger partial charge in [-0.15, -0.1) is 22.9 Å². The highest BCUT2D eigenvalue weighted by Crippen LogP contribution is 2.27. The summed E-state index contributed by atoms with van der Waals surface area (Å²) < 4.78 is 3.19. The molecular formula is C10H10BrClN2S2. The average molecular weight is 338 g/mol. The Labute approximate surface area is 116 Å². The Bertz CT molecular complexity index is 481. The molecule has 0 fully saturated rings. The van der Waals surface area contributed by atoms with Crippen molar-refractivity contribution >= 4 is 50.6 Å². The molecule has 16 heavy (non-hydrogen) atoms. The van der Waals surface area contributed by atoms with E-state index in [1.54, 1.807) is 23.1 Å². The molecule has 2 nitrogen and oxygen atoms in total. The fraction of sp³-hybridized carbons (Fsp3) is 0.300. The Hall–Kier alpha value is 0.0300. The zero-order valence-electron chi connectivity index (χ0n) is 8.61. The van der Waals surface area contributed by atoms with Crippen LogP contribution >= 0.6 is 50.6 Å². The van der Waals surface area contributed by atoms with Gasteiger partial charge in [-0.1, -0.05) is 11.8 Å². The molecule has 0 aliphatic rings. The predicted molar refractivity (Wildman–Crippen MR) is 74.3 cm³/mol. The van der Waals surface area contributed by atoms with Gasteiger partial charge in [-0.05, 0) is 22.0 Å². The Kier molecular flexibility index (Phi) is 4.35. The summed E-state index contributed by atoms with van der Waals surface area (Å²) in [6.07, 6.45) is 1.83. The quantitative estimate of drug-likeness (QED) is 0.612. The summed E-state index contributed by atoms with van der Waals surface area (Å²) in [5.41, 5.74) is 1.05. The van der Waals surface area contributed by atoms with E-state index in [4.69, 9.17) is 11.6 Å². The summed E-state index contributed by atoms with van der Waals surface area (Å²) in [5, 5.41) is 3.11. The first-order chi connectivity index (χ1) is 7.70. The molecule has 0 spiro atoms. The first-order valence-electron chi connectivity index (χ1n) is 4.63. The summed E-state index contributed by atoms with van der Waals surface area (Å²) in [5.74, 6) is 1.46. The molecule has 0 unspecified atom stereocenters. The standard InChI is InChI=1S/C10H10BrClN2S2/c1-14-8(3-12)4-13-10(14)16-6-9-2-7(11)5-15-9/h2,4-5H,3,6H2,1H3. The van der Waals surface area contributed by atoms with Crippen LogP contribution in [0, 0.1) is 0 Å². The fourth-order valence-corrected chi connectivity index (χ4v) is 3.97. The number of halogens is 2. The van der Waals surface area contributed by atoms with Gasteiger partial charge in [-0.3, -0.25) is 0 Å². The molecule has 0 saturated carbocycles. The van der Waals surface area contributed by atoms with E-state index in [1.165, 1.54) is 4.88 Å². The van der Waals surface area contributed by atoms with Gasteiger partial charge in [0.2, 0.25) is 0 Å². The number of thioether (sulfide) groups is 1.